The monoisotopic (exact) mass is 485 g/mol. The van der Waals surface area contributed by atoms with Gasteiger partial charge in [0.1, 0.15) is 5.75 Å². The molecule has 0 spiro atoms. The van der Waals surface area contributed by atoms with Crippen LogP contribution in [0.4, 0.5) is 5.69 Å². The maximum Gasteiger partial charge on any atom is 0.269 e. The standard InChI is InChI=1S/C25H19N5O4S/c1-33-22-10-6-5-9-20(22)29-21(17-7-3-2-4-8-17)15-26-25(29)35-16-23-27-28-24(34-23)18-11-13-19(14-12-18)30(31)32/h2-15H,16H2,1H3. The average molecular weight is 486 g/mol. The van der Waals surface area contributed by atoms with Gasteiger partial charge in [-0.2, -0.15) is 0 Å². The summed E-state index contributed by atoms with van der Waals surface area (Å²) >= 11 is 1.46. The molecule has 0 saturated carbocycles. The van der Waals surface area contributed by atoms with Crippen LogP contribution in [0.2, 0.25) is 0 Å². The van der Waals surface area contributed by atoms with Crippen molar-refractivity contribution in [1.29, 1.82) is 0 Å². The lowest BCUT2D eigenvalue weighted by Gasteiger charge is -2.15. The van der Waals surface area contributed by atoms with E-state index < -0.39 is 4.92 Å². The summed E-state index contributed by atoms with van der Waals surface area (Å²) < 4.78 is 13.5. The maximum absolute atomic E-state index is 10.9. The zero-order chi connectivity index (χ0) is 24.2. The van der Waals surface area contributed by atoms with Gasteiger partial charge in [-0.05, 0) is 24.3 Å². The summed E-state index contributed by atoms with van der Waals surface area (Å²) in [5.41, 5.74) is 3.43. The Morgan fingerprint density at radius 2 is 1.71 bits per heavy atom. The Hall–Kier alpha value is -4.44. The topological polar surface area (TPSA) is 109 Å². The average Bonchev–Trinajstić information content (AvgIpc) is 3.55. The van der Waals surface area contributed by atoms with Gasteiger partial charge < -0.3 is 9.15 Å². The predicted molar refractivity (Wildman–Crippen MR) is 132 cm³/mol. The molecular weight excluding hydrogens is 466 g/mol. The van der Waals surface area contributed by atoms with Crippen molar-refractivity contribution in [1.82, 2.24) is 19.7 Å². The molecule has 10 heteroatoms. The molecule has 9 nitrogen and oxygen atoms in total. The molecule has 0 N–H and O–H groups in total. The molecule has 0 aliphatic carbocycles. The molecule has 0 atom stereocenters. The summed E-state index contributed by atoms with van der Waals surface area (Å²) in [6.45, 7) is 0. The number of nitro benzene ring substituents is 1. The highest BCUT2D eigenvalue weighted by Gasteiger charge is 2.18. The van der Waals surface area contributed by atoms with Crippen molar-refractivity contribution in [3.05, 3.63) is 101 Å². The summed E-state index contributed by atoms with van der Waals surface area (Å²) in [7, 11) is 1.64. The molecule has 0 aliphatic heterocycles. The number of nitrogens with zero attached hydrogens (tertiary/aromatic N) is 5. The molecule has 0 fully saturated rings. The molecule has 5 aromatic rings. The fourth-order valence-electron chi connectivity index (χ4n) is 3.58. The van der Waals surface area contributed by atoms with E-state index in [1.54, 1.807) is 19.2 Å². The first-order valence-electron chi connectivity index (χ1n) is 10.6. The van der Waals surface area contributed by atoms with Crippen LogP contribution in [0.3, 0.4) is 0 Å². The quantitative estimate of drug-likeness (QED) is 0.154. The van der Waals surface area contributed by atoms with Crippen LogP contribution in [-0.4, -0.2) is 31.8 Å². The van der Waals surface area contributed by atoms with Gasteiger partial charge in [0.05, 0.1) is 35.4 Å². The van der Waals surface area contributed by atoms with Gasteiger partial charge in [-0.3, -0.25) is 14.7 Å². The fourth-order valence-corrected chi connectivity index (χ4v) is 4.40. The van der Waals surface area contributed by atoms with Gasteiger partial charge >= 0.3 is 0 Å². The summed E-state index contributed by atoms with van der Waals surface area (Å²) in [5.74, 6) is 1.83. The highest BCUT2D eigenvalue weighted by atomic mass is 32.2. The lowest BCUT2D eigenvalue weighted by Crippen LogP contribution is -2.02. The summed E-state index contributed by atoms with van der Waals surface area (Å²) in [4.78, 5) is 15.1. The normalized spacial score (nSPS) is 10.9. The van der Waals surface area contributed by atoms with Crippen molar-refractivity contribution in [3.63, 3.8) is 0 Å². The van der Waals surface area contributed by atoms with Crippen LogP contribution in [0.15, 0.2) is 94.6 Å². The maximum atomic E-state index is 10.9. The van der Waals surface area contributed by atoms with E-state index in [0.29, 0.717) is 23.1 Å². The van der Waals surface area contributed by atoms with Crippen molar-refractivity contribution >= 4 is 17.4 Å². The molecular formula is C25H19N5O4S. The second-order valence-electron chi connectivity index (χ2n) is 7.39. The number of aromatic nitrogens is 4. The third-order valence-electron chi connectivity index (χ3n) is 5.24. The Bertz CT molecular complexity index is 1470. The number of ether oxygens (including phenoxy) is 1. The van der Waals surface area contributed by atoms with Gasteiger partial charge in [0.25, 0.3) is 5.69 Å². The van der Waals surface area contributed by atoms with E-state index in [-0.39, 0.29) is 5.69 Å². The van der Waals surface area contributed by atoms with E-state index in [1.807, 2.05) is 65.4 Å². The summed E-state index contributed by atoms with van der Waals surface area (Å²) in [6, 6.07) is 23.8. The van der Waals surface area contributed by atoms with E-state index in [2.05, 4.69) is 15.2 Å². The van der Waals surface area contributed by atoms with Gasteiger partial charge in [0.15, 0.2) is 5.16 Å². The van der Waals surface area contributed by atoms with Crippen molar-refractivity contribution in [2.45, 2.75) is 10.9 Å². The first-order valence-corrected chi connectivity index (χ1v) is 11.6. The Labute approximate surface area is 204 Å². The Balaban J connectivity index is 1.43. The first kappa shape index (κ1) is 22.4. The number of thioether (sulfide) groups is 1. The van der Waals surface area contributed by atoms with Gasteiger partial charge in [0, 0.05) is 23.3 Å². The van der Waals surface area contributed by atoms with Crippen LogP contribution in [0.25, 0.3) is 28.4 Å². The first-order chi connectivity index (χ1) is 17.1. The molecule has 0 saturated heterocycles. The van der Waals surface area contributed by atoms with Crippen molar-refractivity contribution in [2.75, 3.05) is 7.11 Å². The van der Waals surface area contributed by atoms with E-state index in [4.69, 9.17) is 9.15 Å². The molecule has 2 heterocycles. The minimum atomic E-state index is -0.451. The molecule has 5 rings (SSSR count). The number of hydrogen-bond donors (Lipinski definition) is 0. The minimum absolute atomic E-state index is 0.00133. The molecule has 0 amide bonds. The van der Waals surface area contributed by atoms with Crippen molar-refractivity contribution in [2.24, 2.45) is 0 Å². The number of rotatable bonds is 8. The van der Waals surface area contributed by atoms with E-state index in [0.717, 1.165) is 27.9 Å². The third kappa shape index (κ3) is 4.64. The Kier molecular flexibility index (Phi) is 6.27. The van der Waals surface area contributed by atoms with Crippen molar-refractivity contribution < 1.29 is 14.1 Å². The highest BCUT2D eigenvalue weighted by molar-refractivity contribution is 7.98. The fraction of sp³-hybridized carbons (Fsp3) is 0.0800. The van der Waals surface area contributed by atoms with Crippen LogP contribution in [-0.2, 0) is 5.75 Å². The van der Waals surface area contributed by atoms with Crippen LogP contribution >= 0.6 is 11.8 Å². The Morgan fingerprint density at radius 3 is 2.46 bits per heavy atom. The predicted octanol–water partition coefficient (Wildman–Crippen LogP) is 5.80. The molecule has 3 aromatic carbocycles. The lowest BCUT2D eigenvalue weighted by atomic mass is 10.1. The zero-order valence-electron chi connectivity index (χ0n) is 18.6. The second-order valence-corrected chi connectivity index (χ2v) is 8.34. The zero-order valence-corrected chi connectivity index (χ0v) is 19.4. The van der Waals surface area contributed by atoms with Crippen LogP contribution in [0, 0.1) is 10.1 Å². The Morgan fingerprint density at radius 1 is 0.971 bits per heavy atom. The molecule has 174 valence electrons. The van der Waals surface area contributed by atoms with E-state index >= 15 is 0 Å². The summed E-state index contributed by atoms with van der Waals surface area (Å²) in [6.07, 6.45) is 1.83. The minimum Gasteiger partial charge on any atom is -0.495 e. The molecule has 2 aromatic heterocycles. The SMILES string of the molecule is COc1ccccc1-n1c(-c2ccccc2)cnc1SCc1nnc(-c2ccc([N+](=O)[O-])cc2)o1. The van der Waals surface area contributed by atoms with Crippen LogP contribution in [0.5, 0.6) is 5.75 Å². The van der Waals surface area contributed by atoms with Crippen LogP contribution < -0.4 is 4.74 Å². The van der Waals surface area contributed by atoms with Crippen molar-refractivity contribution in [3.8, 4) is 34.1 Å². The molecule has 0 aliphatic rings. The number of nitro groups is 1. The van der Waals surface area contributed by atoms with Gasteiger partial charge in [0.2, 0.25) is 11.8 Å². The smallest absolute Gasteiger partial charge is 0.269 e. The van der Waals surface area contributed by atoms with Gasteiger partial charge in [-0.25, -0.2) is 4.98 Å². The molecule has 35 heavy (non-hydrogen) atoms. The number of non-ortho nitro benzene ring substituents is 1. The molecule has 0 bridgehead atoms. The number of hydrogen-bond acceptors (Lipinski definition) is 8. The largest absolute Gasteiger partial charge is 0.495 e. The molecule has 0 radical (unpaired) electrons. The third-order valence-corrected chi connectivity index (χ3v) is 6.18. The van der Waals surface area contributed by atoms with Gasteiger partial charge in [-0.1, -0.05) is 54.2 Å². The number of imidazole rings is 1. The second kappa shape index (κ2) is 9.82. The molecule has 0 unspecified atom stereocenters. The number of methoxy groups -OCH3 is 1. The summed E-state index contributed by atoms with van der Waals surface area (Å²) in [5, 5.41) is 19.8. The lowest BCUT2D eigenvalue weighted by molar-refractivity contribution is -0.384. The number of benzene rings is 3. The highest BCUT2D eigenvalue weighted by Crippen LogP contribution is 2.35. The van der Waals surface area contributed by atoms with E-state index in [9.17, 15) is 10.1 Å². The van der Waals surface area contributed by atoms with E-state index in [1.165, 1.54) is 23.9 Å². The van der Waals surface area contributed by atoms with Gasteiger partial charge in [-0.15, -0.1) is 10.2 Å². The number of para-hydroxylation sites is 2. The van der Waals surface area contributed by atoms with Crippen LogP contribution in [0.1, 0.15) is 5.89 Å².